The Labute approximate surface area is 154 Å². The Kier molecular flexibility index (Phi) is 5.58. The van der Waals surface area contributed by atoms with Gasteiger partial charge in [-0.3, -0.25) is 0 Å². The van der Waals surface area contributed by atoms with Crippen LogP contribution in [-0.4, -0.2) is 23.2 Å². The van der Waals surface area contributed by atoms with Gasteiger partial charge in [-0.15, -0.1) is 0 Å². The number of hydrogen-bond donors (Lipinski definition) is 2. The van der Waals surface area contributed by atoms with E-state index in [1.807, 2.05) is 31.3 Å². The number of aryl methyl sites for hydroxylation is 1. The Morgan fingerprint density at radius 3 is 2.60 bits per heavy atom. The highest BCUT2D eigenvalue weighted by Crippen LogP contribution is 2.25. The zero-order valence-electron chi connectivity index (χ0n) is 15.1. The average Bonchev–Trinajstić information content (AvgIpc) is 2.98. The van der Waals surface area contributed by atoms with E-state index in [0.717, 1.165) is 36.1 Å². The first kappa shape index (κ1) is 17.7. The number of pyridine rings is 1. The number of furan rings is 1. The highest BCUT2D eigenvalue weighted by atomic mass is 32.1. The third kappa shape index (κ3) is 4.95. The van der Waals surface area contributed by atoms with Crippen LogP contribution in [-0.2, 0) is 6.54 Å². The molecule has 2 N–H and O–H groups in total. The molecule has 6 heteroatoms. The second-order valence-corrected chi connectivity index (χ2v) is 7.48. The third-order valence-corrected chi connectivity index (χ3v) is 4.66. The number of anilines is 2. The molecule has 0 aromatic carbocycles. The van der Waals surface area contributed by atoms with Gasteiger partial charge in [0.15, 0.2) is 5.11 Å². The zero-order chi connectivity index (χ0) is 17.8. The summed E-state index contributed by atoms with van der Waals surface area (Å²) in [6, 6.07) is 7.98. The summed E-state index contributed by atoms with van der Waals surface area (Å²) in [5.41, 5.74) is 0.884. The quantitative estimate of drug-likeness (QED) is 0.807. The molecule has 0 radical (unpaired) electrons. The molecule has 2 unspecified atom stereocenters. The molecule has 1 aliphatic rings. The minimum absolute atomic E-state index is 0.559. The monoisotopic (exact) mass is 358 g/mol. The molecule has 1 saturated heterocycles. The van der Waals surface area contributed by atoms with Gasteiger partial charge < -0.3 is 20.0 Å². The van der Waals surface area contributed by atoms with Crippen molar-refractivity contribution in [1.82, 2.24) is 10.3 Å². The highest BCUT2D eigenvalue weighted by molar-refractivity contribution is 7.80. The molecular formula is C19H26N4OS. The van der Waals surface area contributed by atoms with Crippen molar-refractivity contribution in [2.24, 2.45) is 11.8 Å². The molecule has 1 aliphatic heterocycles. The maximum absolute atomic E-state index is 5.52. The van der Waals surface area contributed by atoms with E-state index in [2.05, 4.69) is 40.4 Å². The minimum Gasteiger partial charge on any atom is -0.465 e. The summed E-state index contributed by atoms with van der Waals surface area (Å²) >= 11 is 5.33. The van der Waals surface area contributed by atoms with Gasteiger partial charge in [-0.1, -0.05) is 13.8 Å². The first-order valence-electron chi connectivity index (χ1n) is 8.81. The number of piperidine rings is 1. The van der Waals surface area contributed by atoms with Gasteiger partial charge in [0.2, 0.25) is 0 Å². The first-order valence-corrected chi connectivity index (χ1v) is 9.21. The predicted octanol–water partition coefficient (Wildman–Crippen LogP) is 3.95. The maximum Gasteiger partial charge on any atom is 0.171 e. The lowest BCUT2D eigenvalue weighted by molar-refractivity contribution is 0.355. The second-order valence-electron chi connectivity index (χ2n) is 7.08. The van der Waals surface area contributed by atoms with E-state index in [-0.39, 0.29) is 0 Å². The molecule has 0 bridgehead atoms. The number of aromatic nitrogens is 1. The Bertz CT molecular complexity index is 702. The van der Waals surface area contributed by atoms with Gasteiger partial charge in [0.1, 0.15) is 17.3 Å². The Hall–Kier alpha value is -2.08. The van der Waals surface area contributed by atoms with Crippen LogP contribution in [0, 0.1) is 18.8 Å². The lowest BCUT2D eigenvalue weighted by atomic mass is 9.92. The van der Waals surface area contributed by atoms with E-state index in [1.54, 1.807) is 0 Å². The van der Waals surface area contributed by atoms with E-state index in [4.69, 9.17) is 16.6 Å². The SMILES string of the molecule is Cc1ccc(CNC(=S)Nc2ccc(N3CC(C)CC(C)C3)nc2)o1. The van der Waals surface area contributed by atoms with Crippen molar-refractivity contribution in [2.75, 3.05) is 23.3 Å². The summed E-state index contributed by atoms with van der Waals surface area (Å²) in [6.07, 6.45) is 3.13. The smallest absolute Gasteiger partial charge is 0.171 e. The molecular weight excluding hydrogens is 332 g/mol. The highest BCUT2D eigenvalue weighted by Gasteiger charge is 2.22. The average molecular weight is 359 g/mol. The van der Waals surface area contributed by atoms with Gasteiger partial charge >= 0.3 is 0 Å². The molecule has 0 spiro atoms. The minimum atomic E-state index is 0.559. The Morgan fingerprint density at radius 1 is 1.24 bits per heavy atom. The van der Waals surface area contributed by atoms with Crippen molar-refractivity contribution in [3.05, 3.63) is 42.0 Å². The standard InChI is InChI=1S/C19H26N4OS/c1-13-8-14(2)12-23(11-13)18-7-5-16(9-20-18)22-19(25)21-10-17-6-4-15(3)24-17/h4-7,9,13-14H,8,10-12H2,1-3H3,(H2,21,22,25). The van der Waals surface area contributed by atoms with Gasteiger partial charge in [0.05, 0.1) is 18.4 Å². The van der Waals surface area contributed by atoms with Crippen molar-refractivity contribution >= 4 is 28.8 Å². The van der Waals surface area contributed by atoms with Crippen LogP contribution >= 0.6 is 12.2 Å². The van der Waals surface area contributed by atoms with Gasteiger partial charge in [-0.25, -0.2) is 4.98 Å². The van der Waals surface area contributed by atoms with Crippen LogP contribution in [0.4, 0.5) is 11.5 Å². The molecule has 25 heavy (non-hydrogen) atoms. The van der Waals surface area contributed by atoms with E-state index in [9.17, 15) is 0 Å². The van der Waals surface area contributed by atoms with Crippen molar-refractivity contribution < 1.29 is 4.42 Å². The molecule has 1 fully saturated rings. The predicted molar refractivity (Wildman–Crippen MR) is 106 cm³/mol. The summed E-state index contributed by atoms with van der Waals surface area (Å²) in [5, 5.41) is 6.86. The Morgan fingerprint density at radius 2 is 2.00 bits per heavy atom. The summed E-state index contributed by atoms with van der Waals surface area (Å²) in [7, 11) is 0. The van der Waals surface area contributed by atoms with Crippen molar-refractivity contribution in [1.29, 1.82) is 0 Å². The fraction of sp³-hybridized carbons (Fsp3) is 0.474. The summed E-state index contributed by atoms with van der Waals surface area (Å²) in [5.74, 6) is 4.23. The molecule has 2 aromatic rings. The number of hydrogen-bond acceptors (Lipinski definition) is 4. The molecule has 2 aromatic heterocycles. The van der Waals surface area contributed by atoms with Crippen molar-refractivity contribution in [3.63, 3.8) is 0 Å². The second kappa shape index (κ2) is 7.87. The van der Waals surface area contributed by atoms with Crippen molar-refractivity contribution in [3.8, 4) is 0 Å². The molecule has 3 rings (SSSR count). The van der Waals surface area contributed by atoms with Crippen LogP contribution in [0.2, 0.25) is 0 Å². The number of nitrogens with one attached hydrogen (secondary N) is 2. The van der Waals surface area contributed by atoms with Gasteiger partial charge in [0, 0.05) is 13.1 Å². The van der Waals surface area contributed by atoms with Gasteiger partial charge in [0.25, 0.3) is 0 Å². The molecule has 3 heterocycles. The van der Waals surface area contributed by atoms with Crippen LogP contribution in [0.3, 0.4) is 0 Å². The third-order valence-electron chi connectivity index (χ3n) is 4.42. The van der Waals surface area contributed by atoms with Gasteiger partial charge in [-0.2, -0.15) is 0 Å². The van der Waals surface area contributed by atoms with Crippen LogP contribution in [0.5, 0.6) is 0 Å². The van der Waals surface area contributed by atoms with Crippen LogP contribution in [0.15, 0.2) is 34.9 Å². The largest absolute Gasteiger partial charge is 0.465 e. The Balaban J connectivity index is 1.52. The lowest BCUT2D eigenvalue weighted by Gasteiger charge is -2.35. The van der Waals surface area contributed by atoms with Crippen LogP contribution in [0.1, 0.15) is 31.8 Å². The zero-order valence-corrected chi connectivity index (χ0v) is 15.9. The molecule has 0 aliphatic carbocycles. The molecule has 2 atom stereocenters. The molecule has 134 valence electrons. The first-order chi connectivity index (χ1) is 12.0. The topological polar surface area (TPSA) is 53.3 Å². The fourth-order valence-electron chi connectivity index (χ4n) is 3.42. The van der Waals surface area contributed by atoms with E-state index in [1.165, 1.54) is 6.42 Å². The van der Waals surface area contributed by atoms with E-state index < -0.39 is 0 Å². The summed E-state index contributed by atoms with van der Waals surface area (Å²) in [6.45, 7) is 9.26. The summed E-state index contributed by atoms with van der Waals surface area (Å²) < 4.78 is 5.52. The van der Waals surface area contributed by atoms with E-state index >= 15 is 0 Å². The number of thiocarbonyl (C=S) groups is 1. The van der Waals surface area contributed by atoms with Crippen molar-refractivity contribution in [2.45, 2.75) is 33.7 Å². The number of rotatable bonds is 4. The molecule has 0 saturated carbocycles. The molecule has 5 nitrogen and oxygen atoms in total. The van der Waals surface area contributed by atoms with E-state index in [0.29, 0.717) is 23.5 Å². The van der Waals surface area contributed by atoms with Gasteiger partial charge in [-0.05, 0) is 61.7 Å². The summed E-state index contributed by atoms with van der Waals surface area (Å²) in [4.78, 5) is 6.98. The normalized spacial score (nSPS) is 20.4. The number of nitrogens with zero attached hydrogens (tertiary/aromatic N) is 2. The maximum atomic E-state index is 5.52. The lowest BCUT2D eigenvalue weighted by Crippen LogP contribution is -2.39. The van der Waals surface area contributed by atoms with Crippen LogP contribution in [0.25, 0.3) is 0 Å². The fourth-order valence-corrected chi connectivity index (χ4v) is 3.61. The molecule has 0 amide bonds. The van der Waals surface area contributed by atoms with Crippen LogP contribution < -0.4 is 15.5 Å².